The summed E-state index contributed by atoms with van der Waals surface area (Å²) in [5.74, 6) is 1.42. The van der Waals surface area contributed by atoms with E-state index in [9.17, 15) is 4.39 Å². The largest absolute Gasteiger partial charge is 0.347 e. The molecule has 1 aromatic carbocycles. The third-order valence-electron chi connectivity index (χ3n) is 3.96. The number of hydrogen-bond acceptors (Lipinski definition) is 4. The minimum absolute atomic E-state index is 0.235. The van der Waals surface area contributed by atoms with Crippen LogP contribution in [0.3, 0.4) is 0 Å². The predicted octanol–water partition coefficient (Wildman–Crippen LogP) is 3.08. The van der Waals surface area contributed by atoms with E-state index in [1.807, 2.05) is 25.4 Å². The molecule has 21 heavy (non-hydrogen) atoms. The summed E-state index contributed by atoms with van der Waals surface area (Å²) in [6.45, 7) is 4.95. The van der Waals surface area contributed by atoms with Gasteiger partial charge in [-0.3, -0.25) is 0 Å². The SMILES string of the molecule is Cc1nccn1CC1CN(c2nc3c(F)cccc3s2)C1. The van der Waals surface area contributed by atoms with Gasteiger partial charge in [0.1, 0.15) is 17.2 Å². The zero-order valence-corrected chi connectivity index (χ0v) is 12.5. The van der Waals surface area contributed by atoms with Gasteiger partial charge in [-0.25, -0.2) is 14.4 Å². The van der Waals surface area contributed by atoms with Crippen molar-refractivity contribution in [3.63, 3.8) is 0 Å². The molecule has 1 saturated heterocycles. The molecule has 0 N–H and O–H groups in total. The molecule has 0 aliphatic carbocycles. The van der Waals surface area contributed by atoms with Gasteiger partial charge in [0.25, 0.3) is 0 Å². The Labute approximate surface area is 125 Å². The maximum Gasteiger partial charge on any atom is 0.186 e. The summed E-state index contributed by atoms with van der Waals surface area (Å²) in [6, 6.07) is 5.12. The molecule has 3 aromatic rings. The average molecular weight is 302 g/mol. The van der Waals surface area contributed by atoms with Crippen LogP contribution in [0.15, 0.2) is 30.6 Å². The monoisotopic (exact) mass is 302 g/mol. The number of fused-ring (bicyclic) bond motifs is 1. The number of aromatic nitrogens is 3. The van der Waals surface area contributed by atoms with E-state index in [0.717, 1.165) is 35.3 Å². The van der Waals surface area contributed by atoms with E-state index >= 15 is 0 Å². The van der Waals surface area contributed by atoms with Crippen LogP contribution in [0.5, 0.6) is 0 Å². The number of rotatable bonds is 3. The Kier molecular flexibility index (Phi) is 2.92. The summed E-state index contributed by atoms with van der Waals surface area (Å²) in [5.41, 5.74) is 0.492. The number of aryl methyl sites for hydroxylation is 1. The Morgan fingerprint density at radius 2 is 2.24 bits per heavy atom. The molecule has 0 atom stereocenters. The van der Waals surface area contributed by atoms with Crippen molar-refractivity contribution in [3.8, 4) is 0 Å². The van der Waals surface area contributed by atoms with E-state index in [1.165, 1.54) is 6.07 Å². The molecule has 4 nitrogen and oxygen atoms in total. The summed E-state index contributed by atoms with van der Waals surface area (Å²) in [4.78, 5) is 10.9. The van der Waals surface area contributed by atoms with Crippen LogP contribution in [0, 0.1) is 18.7 Å². The summed E-state index contributed by atoms with van der Waals surface area (Å²) >= 11 is 1.56. The molecule has 1 fully saturated rings. The van der Waals surface area contributed by atoms with Crippen LogP contribution in [0.2, 0.25) is 0 Å². The zero-order chi connectivity index (χ0) is 14.4. The first-order valence-corrected chi connectivity index (χ1v) is 7.80. The number of hydrogen-bond donors (Lipinski definition) is 0. The molecule has 0 spiro atoms. The molecule has 0 bridgehead atoms. The molecule has 1 aliphatic heterocycles. The van der Waals surface area contributed by atoms with Crippen LogP contribution >= 0.6 is 11.3 Å². The fraction of sp³-hybridized carbons (Fsp3) is 0.333. The van der Waals surface area contributed by atoms with Gasteiger partial charge >= 0.3 is 0 Å². The first kappa shape index (κ1) is 12.8. The maximum atomic E-state index is 13.7. The van der Waals surface area contributed by atoms with Crippen LogP contribution < -0.4 is 4.90 Å². The number of nitrogens with zero attached hydrogens (tertiary/aromatic N) is 4. The minimum Gasteiger partial charge on any atom is -0.347 e. The van der Waals surface area contributed by atoms with E-state index in [4.69, 9.17) is 0 Å². The number of para-hydroxylation sites is 1. The third-order valence-corrected chi connectivity index (χ3v) is 5.05. The number of thiazole rings is 1. The highest BCUT2D eigenvalue weighted by Crippen LogP contribution is 2.34. The zero-order valence-electron chi connectivity index (χ0n) is 11.7. The van der Waals surface area contributed by atoms with Crippen LogP contribution in [-0.2, 0) is 6.54 Å². The molecule has 1 aliphatic rings. The highest BCUT2D eigenvalue weighted by Gasteiger charge is 2.29. The molecule has 108 valence electrons. The van der Waals surface area contributed by atoms with E-state index in [1.54, 1.807) is 17.4 Å². The Morgan fingerprint density at radius 1 is 1.38 bits per heavy atom. The fourth-order valence-electron chi connectivity index (χ4n) is 2.75. The molecule has 0 unspecified atom stereocenters. The van der Waals surface area contributed by atoms with Crippen molar-refractivity contribution in [1.82, 2.24) is 14.5 Å². The minimum atomic E-state index is -0.235. The lowest BCUT2D eigenvalue weighted by molar-refractivity contribution is 0.354. The maximum absolute atomic E-state index is 13.7. The van der Waals surface area contributed by atoms with Gasteiger partial charge in [0, 0.05) is 37.9 Å². The smallest absolute Gasteiger partial charge is 0.186 e. The van der Waals surface area contributed by atoms with Gasteiger partial charge in [-0.2, -0.15) is 0 Å². The molecule has 2 aromatic heterocycles. The van der Waals surface area contributed by atoms with Crippen LogP contribution in [0.1, 0.15) is 5.82 Å². The lowest BCUT2D eigenvalue weighted by Crippen LogP contribution is -2.48. The topological polar surface area (TPSA) is 34.0 Å². The highest BCUT2D eigenvalue weighted by molar-refractivity contribution is 7.22. The predicted molar refractivity (Wildman–Crippen MR) is 82.2 cm³/mol. The molecular weight excluding hydrogens is 287 g/mol. The Morgan fingerprint density at radius 3 is 2.95 bits per heavy atom. The van der Waals surface area contributed by atoms with Gasteiger partial charge in [0.05, 0.1) is 4.70 Å². The summed E-state index contributed by atoms with van der Waals surface area (Å²) < 4.78 is 16.8. The Hall–Kier alpha value is -1.95. The van der Waals surface area contributed by atoms with Gasteiger partial charge in [0.15, 0.2) is 5.13 Å². The van der Waals surface area contributed by atoms with Gasteiger partial charge in [0.2, 0.25) is 0 Å². The van der Waals surface area contributed by atoms with Crippen molar-refractivity contribution in [2.24, 2.45) is 5.92 Å². The number of imidazole rings is 1. The number of halogens is 1. The van der Waals surface area contributed by atoms with E-state index in [2.05, 4.69) is 19.4 Å². The summed E-state index contributed by atoms with van der Waals surface area (Å²) in [7, 11) is 0. The molecule has 0 radical (unpaired) electrons. The van der Waals surface area contributed by atoms with Gasteiger partial charge in [-0.05, 0) is 19.1 Å². The first-order valence-electron chi connectivity index (χ1n) is 6.98. The molecule has 3 heterocycles. The highest BCUT2D eigenvalue weighted by atomic mass is 32.1. The van der Waals surface area contributed by atoms with Gasteiger partial charge < -0.3 is 9.47 Å². The van der Waals surface area contributed by atoms with Crippen molar-refractivity contribution < 1.29 is 4.39 Å². The number of benzene rings is 1. The third kappa shape index (κ3) is 2.19. The van der Waals surface area contributed by atoms with E-state index < -0.39 is 0 Å². The van der Waals surface area contributed by atoms with Crippen molar-refractivity contribution in [2.75, 3.05) is 18.0 Å². The van der Waals surface area contributed by atoms with Crippen molar-refractivity contribution in [1.29, 1.82) is 0 Å². The summed E-state index contributed by atoms with van der Waals surface area (Å²) in [6.07, 6.45) is 3.85. The van der Waals surface area contributed by atoms with Crippen LogP contribution in [-0.4, -0.2) is 27.6 Å². The Balaban J connectivity index is 1.47. The van der Waals surface area contributed by atoms with E-state index in [0.29, 0.717) is 11.4 Å². The molecule has 6 heteroatoms. The van der Waals surface area contributed by atoms with Crippen LogP contribution in [0.25, 0.3) is 10.2 Å². The normalized spacial score (nSPS) is 15.6. The molecule has 4 rings (SSSR count). The van der Waals surface area contributed by atoms with Crippen molar-refractivity contribution in [2.45, 2.75) is 13.5 Å². The second-order valence-corrected chi connectivity index (χ2v) is 6.49. The molecule has 0 amide bonds. The quantitative estimate of drug-likeness (QED) is 0.745. The second kappa shape index (κ2) is 4.80. The summed E-state index contributed by atoms with van der Waals surface area (Å²) in [5, 5.41) is 0.925. The van der Waals surface area contributed by atoms with Crippen LogP contribution in [0.4, 0.5) is 9.52 Å². The van der Waals surface area contributed by atoms with Gasteiger partial charge in [-0.15, -0.1) is 0 Å². The molecule has 0 saturated carbocycles. The van der Waals surface area contributed by atoms with Gasteiger partial charge in [-0.1, -0.05) is 17.4 Å². The second-order valence-electron chi connectivity index (χ2n) is 5.48. The Bertz CT molecular complexity index is 788. The van der Waals surface area contributed by atoms with Crippen molar-refractivity contribution >= 4 is 26.7 Å². The average Bonchev–Trinajstić information content (AvgIpc) is 3.00. The lowest BCUT2D eigenvalue weighted by atomic mass is 10.0. The standard InChI is InChI=1S/C15H15FN4S/c1-10-17-5-6-19(10)7-11-8-20(9-11)15-18-14-12(16)3-2-4-13(14)21-15/h2-6,11H,7-9H2,1H3. The fourth-order valence-corrected chi connectivity index (χ4v) is 3.75. The van der Waals surface area contributed by atoms with Crippen molar-refractivity contribution in [3.05, 3.63) is 42.2 Å². The van der Waals surface area contributed by atoms with E-state index in [-0.39, 0.29) is 5.82 Å². The lowest BCUT2D eigenvalue weighted by Gasteiger charge is -2.39. The first-order chi connectivity index (χ1) is 10.2. The number of anilines is 1. The molecular formula is C15H15FN4S.